The topological polar surface area (TPSA) is 54.4 Å². The van der Waals surface area contributed by atoms with Crippen molar-refractivity contribution in [2.24, 2.45) is 11.8 Å². The van der Waals surface area contributed by atoms with Gasteiger partial charge < -0.3 is 5.11 Å². The highest BCUT2D eigenvalue weighted by Crippen LogP contribution is 2.34. The van der Waals surface area contributed by atoms with E-state index >= 15 is 0 Å². The zero-order valence-corrected chi connectivity index (χ0v) is 5.83. The zero-order chi connectivity index (χ0) is 7.72. The summed E-state index contributed by atoms with van der Waals surface area (Å²) in [4.78, 5) is 21.0. The second-order valence-electron chi connectivity index (χ2n) is 2.74. The molecular weight excluding hydrogens is 132 g/mol. The van der Waals surface area contributed by atoms with Crippen LogP contribution in [0.1, 0.15) is 19.8 Å². The van der Waals surface area contributed by atoms with E-state index in [0.717, 1.165) is 6.42 Å². The summed E-state index contributed by atoms with van der Waals surface area (Å²) in [5, 5.41) is 8.50. The molecule has 56 valence electrons. The summed E-state index contributed by atoms with van der Waals surface area (Å²) in [6.45, 7) is 1.46. The Morgan fingerprint density at radius 2 is 1.80 bits per heavy atom. The molecule has 1 saturated carbocycles. The summed E-state index contributed by atoms with van der Waals surface area (Å²) in [6.07, 6.45) is 1.42. The Labute approximate surface area is 59.0 Å². The molecule has 0 spiro atoms. The summed E-state index contributed by atoms with van der Waals surface area (Å²) in [7, 11) is 0. The molecule has 1 aliphatic carbocycles. The van der Waals surface area contributed by atoms with E-state index in [1.807, 2.05) is 0 Å². The molecule has 0 aromatic heterocycles. The number of hydrogen-bond acceptors (Lipinski definition) is 2. The van der Waals surface area contributed by atoms with Crippen LogP contribution in [-0.2, 0) is 9.59 Å². The Balaban J connectivity index is 2.51. The van der Waals surface area contributed by atoms with Gasteiger partial charge in [0.05, 0.1) is 5.92 Å². The summed E-state index contributed by atoms with van der Waals surface area (Å²) in [5.41, 5.74) is 0. The predicted molar refractivity (Wildman–Crippen MR) is 34.5 cm³/mol. The molecule has 1 fully saturated rings. The molecule has 3 nitrogen and oxygen atoms in total. The standard InChI is InChI=1S/C7H10O3/c1-4(8)5-2-3-6(5)7(9)10/h5-6H,2-3H2,1H3,(H,9,10)/t5-,6+/m1/s1. The minimum absolute atomic E-state index is 0.0126. The molecule has 10 heavy (non-hydrogen) atoms. The first-order chi connectivity index (χ1) is 4.63. The summed E-state index contributed by atoms with van der Waals surface area (Å²) in [5.74, 6) is -1.40. The van der Waals surface area contributed by atoms with Crippen LogP contribution >= 0.6 is 0 Å². The minimum Gasteiger partial charge on any atom is -0.481 e. The summed E-state index contributed by atoms with van der Waals surface area (Å²) >= 11 is 0. The molecule has 0 amide bonds. The van der Waals surface area contributed by atoms with E-state index in [2.05, 4.69) is 0 Å². The van der Waals surface area contributed by atoms with Crippen LogP contribution in [0.15, 0.2) is 0 Å². The Hall–Kier alpha value is -0.860. The normalized spacial score (nSPS) is 30.9. The third kappa shape index (κ3) is 1.03. The van der Waals surface area contributed by atoms with Gasteiger partial charge in [-0.25, -0.2) is 0 Å². The van der Waals surface area contributed by atoms with Gasteiger partial charge in [0.1, 0.15) is 5.78 Å². The fraction of sp³-hybridized carbons (Fsp3) is 0.714. The van der Waals surface area contributed by atoms with Crippen molar-refractivity contribution in [1.82, 2.24) is 0 Å². The van der Waals surface area contributed by atoms with Crippen LogP contribution in [0.25, 0.3) is 0 Å². The monoisotopic (exact) mass is 142 g/mol. The number of carbonyl (C=O) groups is 2. The molecule has 0 heterocycles. The molecule has 1 rings (SSSR count). The van der Waals surface area contributed by atoms with Crippen molar-refractivity contribution in [3.63, 3.8) is 0 Å². The van der Waals surface area contributed by atoms with Gasteiger partial charge >= 0.3 is 5.97 Å². The van der Waals surface area contributed by atoms with Gasteiger partial charge in [0.25, 0.3) is 0 Å². The van der Waals surface area contributed by atoms with Gasteiger partial charge in [0, 0.05) is 5.92 Å². The second kappa shape index (κ2) is 2.40. The SMILES string of the molecule is CC(=O)[C@H]1CC[C@@H]1C(=O)O. The molecule has 1 aliphatic rings. The maximum atomic E-state index is 10.7. The molecule has 0 saturated heterocycles. The van der Waals surface area contributed by atoms with Crippen LogP contribution < -0.4 is 0 Å². The lowest BCUT2D eigenvalue weighted by Crippen LogP contribution is -2.36. The molecule has 0 aromatic carbocycles. The Morgan fingerprint density at radius 1 is 1.30 bits per heavy atom. The van der Waals surface area contributed by atoms with Gasteiger partial charge in [-0.1, -0.05) is 0 Å². The number of ketones is 1. The third-order valence-corrected chi connectivity index (χ3v) is 2.11. The maximum absolute atomic E-state index is 10.7. The Bertz CT molecular complexity index is 154. The van der Waals surface area contributed by atoms with Crippen molar-refractivity contribution in [3.05, 3.63) is 0 Å². The van der Waals surface area contributed by atoms with Gasteiger partial charge in [-0.2, -0.15) is 0 Å². The van der Waals surface area contributed by atoms with Gasteiger partial charge in [0.15, 0.2) is 0 Å². The highest BCUT2D eigenvalue weighted by molar-refractivity contribution is 5.86. The van der Waals surface area contributed by atoms with E-state index in [-0.39, 0.29) is 11.7 Å². The maximum Gasteiger partial charge on any atom is 0.307 e. The largest absolute Gasteiger partial charge is 0.481 e. The summed E-state index contributed by atoms with van der Waals surface area (Å²) in [6, 6.07) is 0. The second-order valence-corrected chi connectivity index (χ2v) is 2.74. The van der Waals surface area contributed by atoms with E-state index in [1.54, 1.807) is 0 Å². The van der Waals surface area contributed by atoms with Crippen LogP contribution in [0, 0.1) is 11.8 Å². The molecular formula is C7H10O3. The lowest BCUT2D eigenvalue weighted by molar-refractivity contribution is -0.151. The van der Waals surface area contributed by atoms with Crippen molar-refractivity contribution in [2.75, 3.05) is 0 Å². The lowest BCUT2D eigenvalue weighted by Gasteiger charge is -2.30. The van der Waals surface area contributed by atoms with Crippen molar-refractivity contribution in [2.45, 2.75) is 19.8 Å². The predicted octanol–water partition coefficient (Wildman–Crippen LogP) is 0.686. The molecule has 0 aliphatic heterocycles. The van der Waals surface area contributed by atoms with Crippen LogP contribution in [-0.4, -0.2) is 16.9 Å². The van der Waals surface area contributed by atoms with Gasteiger partial charge in [-0.3, -0.25) is 9.59 Å². The van der Waals surface area contributed by atoms with Crippen molar-refractivity contribution >= 4 is 11.8 Å². The molecule has 0 radical (unpaired) electrons. The first-order valence-corrected chi connectivity index (χ1v) is 3.36. The number of carboxylic acid groups (broad SMARTS) is 1. The van der Waals surface area contributed by atoms with Crippen molar-refractivity contribution in [3.8, 4) is 0 Å². The fourth-order valence-corrected chi connectivity index (χ4v) is 1.28. The first kappa shape index (κ1) is 7.25. The number of Topliss-reactive ketones (excluding diaryl/α,β-unsaturated/α-hetero) is 1. The van der Waals surface area contributed by atoms with Crippen molar-refractivity contribution in [1.29, 1.82) is 0 Å². The van der Waals surface area contributed by atoms with Crippen LogP contribution in [0.5, 0.6) is 0 Å². The summed E-state index contributed by atoms with van der Waals surface area (Å²) < 4.78 is 0. The molecule has 0 bridgehead atoms. The van der Waals surface area contributed by atoms with Gasteiger partial charge in [-0.05, 0) is 19.8 Å². The van der Waals surface area contributed by atoms with Crippen molar-refractivity contribution < 1.29 is 14.7 Å². The highest BCUT2D eigenvalue weighted by atomic mass is 16.4. The molecule has 1 N–H and O–H groups in total. The molecule has 0 unspecified atom stereocenters. The average Bonchev–Trinajstić information content (AvgIpc) is 1.56. The molecule has 0 aromatic rings. The zero-order valence-electron chi connectivity index (χ0n) is 5.83. The van der Waals surface area contributed by atoms with Crippen LogP contribution in [0.3, 0.4) is 0 Å². The first-order valence-electron chi connectivity index (χ1n) is 3.36. The lowest BCUT2D eigenvalue weighted by atomic mass is 9.72. The average molecular weight is 142 g/mol. The molecule has 3 heteroatoms. The van der Waals surface area contributed by atoms with E-state index in [9.17, 15) is 9.59 Å². The Kier molecular flexibility index (Phi) is 1.74. The smallest absolute Gasteiger partial charge is 0.307 e. The van der Waals surface area contributed by atoms with Crippen LogP contribution in [0.4, 0.5) is 0 Å². The van der Waals surface area contributed by atoms with E-state index in [1.165, 1.54) is 6.92 Å². The van der Waals surface area contributed by atoms with E-state index in [0.29, 0.717) is 6.42 Å². The van der Waals surface area contributed by atoms with Gasteiger partial charge in [0.2, 0.25) is 0 Å². The van der Waals surface area contributed by atoms with E-state index in [4.69, 9.17) is 5.11 Å². The van der Waals surface area contributed by atoms with Crippen LogP contribution in [0.2, 0.25) is 0 Å². The number of hydrogen-bond donors (Lipinski definition) is 1. The Morgan fingerprint density at radius 3 is 1.90 bits per heavy atom. The minimum atomic E-state index is -0.827. The third-order valence-electron chi connectivity index (χ3n) is 2.11. The fourth-order valence-electron chi connectivity index (χ4n) is 1.28. The highest BCUT2D eigenvalue weighted by Gasteiger charge is 2.39. The number of aliphatic carboxylic acids is 1. The number of rotatable bonds is 2. The molecule has 2 atom stereocenters. The van der Waals surface area contributed by atoms with E-state index < -0.39 is 11.9 Å². The number of carboxylic acids is 1. The van der Waals surface area contributed by atoms with Gasteiger partial charge in [-0.15, -0.1) is 0 Å². The number of carbonyl (C=O) groups excluding carboxylic acids is 1. The quantitative estimate of drug-likeness (QED) is 0.617.